The molecule has 0 N–H and O–H groups in total. The van der Waals surface area contributed by atoms with Gasteiger partial charge in [-0.05, 0) is 43.3 Å². The highest BCUT2D eigenvalue weighted by Crippen LogP contribution is 2.56. The second kappa shape index (κ2) is 3.55. The second-order valence-electron chi connectivity index (χ2n) is 5.82. The van der Waals surface area contributed by atoms with E-state index in [4.69, 9.17) is 4.74 Å². The number of rotatable bonds is 0. The number of hydrogen-bond acceptors (Lipinski definition) is 2. The standard InChI is InChI=1S/C15H19NO/c1-2-7-15-8-9-16-10-11-4-3-5-12(14(11)15)17-13(15)6-1/h8-10,12-13H,1-7H2. The fraction of sp³-hybridized carbons (Fsp3) is 0.667. The van der Waals surface area contributed by atoms with Crippen LogP contribution in [0.5, 0.6) is 0 Å². The molecular formula is C15H19NO. The van der Waals surface area contributed by atoms with Gasteiger partial charge in [0, 0.05) is 17.8 Å². The van der Waals surface area contributed by atoms with Crippen molar-refractivity contribution in [3.05, 3.63) is 23.4 Å². The van der Waals surface area contributed by atoms with E-state index in [1.165, 1.54) is 50.5 Å². The number of allylic oxidation sites excluding steroid dienone is 1. The first-order chi connectivity index (χ1) is 8.40. The van der Waals surface area contributed by atoms with E-state index in [0.29, 0.717) is 12.2 Å². The molecule has 3 atom stereocenters. The van der Waals surface area contributed by atoms with Gasteiger partial charge in [-0.2, -0.15) is 0 Å². The van der Waals surface area contributed by atoms with Gasteiger partial charge in [0.15, 0.2) is 0 Å². The van der Waals surface area contributed by atoms with Crippen molar-refractivity contribution in [1.82, 2.24) is 0 Å². The van der Waals surface area contributed by atoms with Gasteiger partial charge in [-0.25, -0.2) is 0 Å². The first kappa shape index (κ1) is 10.1. The minimum atomic E-state index is 0.217. The molecule has 4 rings (SSSR count). The Balaban J connectivity index is 1.91. The zero-order valence-corrected chi connectivity index (χ0v) is 10.2. The van der Waals surface area contributed by atoms with Gasteiger partial charge in [0.25, 0.3) is 0 Å². The summed E-state index contributed by atoms with van der Waals surface area (Å²) < 4.78 is 6.36. The Kier molecular flexibility index (Phi) is 2.10. The molecule has 2 nitrogen and oxygen atoms in total. The van der Waals surface area contributed by atoms with Crippen LogP contribution in [-0.4, -0.2) is 18.4 Å². The molecule has 1 saturated carbocycles. The van der Waals surface area contributed by atoms with Gasteiger partial charge < -0.3 is 4.74 Å². The Labute approximate surface area is 102 Å². The first-order valence-corrected chi connectivity index (χ1v) is 7.00. The normalized spacial score (nSPS) is 43.3. The third kappa shape index (κ3) is 1.28. The molecule has 3 unspecified atom stereocenters. The van der Waals surface area contributed by atoms with Crippen LogP contribution in [0.4, 0.5) is 0 Å². The highest BCUT2D eigenvalue weighted by Gasteiger charge is 2.53. The van der Waals surface area contributed by atoms with Crippen LogP contribution in [0.1, 0.15) is 44.9 Å². The van der Waals surface area contributed by atoms with Crippen molar-refractivity contribution in [2.24, 2.45) is 10.4 Å². The minimum absolute atomic E-state index is 0.217. The van der Waals surface area contributed by atoms with Crippen molar-refractivity contribution >= 4 is 6.21 Å². The quantitative estimate of drug-likeness (QED) is 0.624. The fourth-order valence-corrected chi connectivity index (χ4v) is 4.28. The SMILES string of the molecule is C1=CC23CCCCC2OC2CCCC(=C23)C=N1. The third-order valence-electron chi connectivity index (χ3n) is 4.98. The molecule has 0 bridgehead atoms. The van der Waals surface area contributed by atoms with E-state index in [2.05, 4.69) is 17.3 Å². The van der Waals surface area contributed by atoms with Crippen LogP contribution >= 0.6 is 0 Å². The summed E-state index contributed by atoms with van der Waals surface area (Å²) in [6.45, 7) is 0. The van der Waals surface area contributed by atoms with Crippen LogP contribution in [0.2, 0.25) is 0 Å². The van der Waals surface area contributed by atoms with Crippen molar-refractivity contribution in [1.29, 1.82) is 0 Å². The number of hydrogen-bond donors (Lipinski definition) is 0. The van der Waals surface area contributed by atoms with E-state index < -0.39 is 0 Å². The Morgan fingerprint density at radius 1 is 1.24 bits per heavy atom. The predicted molar refractivity (Wildman–Crippen MR) is 68.1 cm³/mol. The maximum atomic E-state index is 6.36. The van der Waals surface area contributed by atoms with Gasteiger partial charge >= 0.3 is 0 Å². The molecule has 0 aromatic carbocycles. The molecule has 0 aromatic heterocycles. The molecule has 0 amide bonds. The average Bonchev–Trinajstić information content (AvgIpc) is 2.58. The smallest absolute Gasteiger partial charge is 0.0805 e. The summed E-state index contributed by atoms with van der Waals surface area (Å²) in [5.74, 6) is 0. The lowest BCUT2D eigenvalue weighted by Gasteiger charge is -2.37. The van der Waals surface area contributed by atoms with Crippen molar-refractivity contribution in [3.8, 4) is 0 Å². The number of ether oxygens (including phenoxy) is 1. The Morgan fingerprint density at radius 3 is 3.24 bits per heavy atom. The van der Waals surface area contributed by atoms with Crippen molar-refractivity contribution in [3.63, 3.8) is 0 Å². The molecule has 1 saturated heterocycles. The molecule has 1 spiro atoms. The lowest BCUT2D eigenvalue weighted by atomic mass is 9.65. The molecule has 0 radical (unpaired) electrons. The summed E-state index contributed by atoms with van der Waals surface area (Å²) in [4.78, 5) is 4.44. The lowest BCUT2D eigenvalue weighted by molar-refractivity contribution is -0.000489. The third-order valence-corrected chi connectivity index (χ3v) is 4.98. The molecule has 17 heavy (non-hydrogen) atoms. The number of aliphatic imine (C=N–C) groups is 1. The van der Waals surface area contributed by atoms with Crippen LogP contribution in [0.25, 0.3) is 0 Å². The van der Waals surface area contributed by atoms with Gasteiger partial charge in [0.05, 0.1) is 12.2 Å². The van der Waals surface area contributed by atoms with Crippen molar-refractivity contribution < 1.29 is 4.74 Å². The second-order valence-corrected chi connectivity index (χ2v) is 5.82. The fourth-order valence-electron chi connectivity index (χ4n) is 4.28. The molecule has 2 heterocycles. The molecule has 2 aliphatic heterocycles. The molecule has 2 aliphatic carbocycles. The summed E-state index contributed by atoms with van der Waals surface area (Å²) in [5, 5.41) is 0. The Morgan fingerprint density at radius 2 is 2.24 bits per heavy atom. The summed E-state index contributed by atoms with van der Waals surface area (Å²) in [6, 6.07) is 0. The first-order valence-electron chi connectivity index (χ1n) is 7.00. The zero-order valence-electron chi connectivity index (χ0n) is 10.2. The lowest BCUT2D eigenvalue weighted by Crippen LogP contribution is -2.34. The molecular weight excluding hydrogens is 210 g/mol. The summed E-state index contributed by atoms with van der Waals surface area (Å²) >= 11 is 0. The number of nitrogens with zero attached hydrogens (tertiary/aromatic N) is 1. The van der Waals surface area contributed by atoms with E-state index in [1.807, 2.05) is 6.20 Å². The monoisotopic (exact) mass is 229 g/mol. The van der Waals surface area contributed by atoms with Gasteiger partial charge in [-0.3, -0.25) is 4.99 Å². The maximum Gasteiger partial charge on any atom is 0.0805 e. The summed E-state index contributed by atoms with van der Waals surface area (Å²) in [7, 11) is 0. The largest absolute Gasteiger partial charge is 0.369 e. The zero-order chi connectivity index (χ0) is 11.3. The van der Waals surface area contributed by atoms with Gasteiger partial charge in [0.1, 0.15) is 0 Å². The summed E-state index contributed by atoms with van der Waals surface area (Å²) in [5.41, 5.74) is 3.30. The van der Waals surface area contributed by atoms with Gasteiger partial charge in [0.2, 0.25) is 0 Å². The van der Waals surface area contributed by atoms with Crippen LogP contribution in [0, 0.1) is 5.41 Å². The van der Waals surface area contributed by atoms with E-state index in [9.17, 15) is 0 Å². The van der Waals surface area contributed by atoms with E-state index in [1.54, 1.807) is 5.57 Å². The molecule has 2 heteroatoms. The maximum absolute atomic E-state index is 6.36. The Bertz CT molecular complexity index is 434. The van der Waals surface area contributed by atoms with E-state index >= 15 is 0 Å². The van der Waals surface area contributed by atoms with Crippen LogP contribution in [-0.2, 0) is 4.74 Å². The van der Waals surface area contributed by atoms with Crippen LogP contribution in [0.15, 0.2) is 28.4 Å². The van der Waals surface area contributed by atoms with E-state index in [-0.39, 0.29) is 5.41 Å². The molecule has 0 aromatic rings. The van der Waals surface area contributed by atoms with E-state index in [0.717, 1.165) is 0 Å². The minimum Gasteiger partial charge on any atom is -0.369 e. The highest BCUT2D eigenvalue weighted by atomic mass is 16.5. The van der Waals surface area contributed by atoms with Crippen LogP contribution < -0.4 is 0 Å². The van der Waals surface area contributed by atoms with Crippen molar-refractivity contribution in [2.45, 2.75) is 57.2 Å². The molecule has 90 valence electrons. The van der Waals surface area contributed by atoms with Gasteiger partial charge in [-0.15, -0.1) is 0 Å². The van der Waals surface area contributed by atoms with Crippen LogP contribution in [0.3, 0.4) is 0 Å². The topological polar surface area (TPSA) is 21.6 Å². The van der Waals surface area contributed by atoms with Gasteiger partial charge in [-0.1, -0.05) is 18.9 Å². The summed E-state index contributed by atoms with van der Waals surface area (Å²) in [6.07, 6.45) is 16.1. The van der Waals surface area contributed by atoms with Crippen molar-refractivity contribution in [2.75, 3.05) is 0 Å². The average molecular weight is 229 g/mol. The molecule has 2 fully saturated rings. The highest BCUT2D eigenvalue weighted by molar-refractivity contribution is 5.82. The molecule has 4 aliphatic rings. The predicted octanol–water partition coefficient (Wildman–Crippen LogP) is 3.39. The Hall–Kier alpha value is -0.890.